The molecule has 0 fully saturated rings. The normalized spacial score (nSPS) is 11.0. The lowest BCUT2D eigenvalue weighted by molar-refractivity contribution is -0.136. The summed E-state index contributed by atoms with van der Waals surface area (Å²) in [5.74, 6) is 0.874. The molecule has 0 aliphatic heterocycles. The fourth-order valence-electron chi connectivity index (χ4n) is 2.84. The van der Waals surface area contributed by atoms with Crippen molar-refractivity contribution in [2.75, 3.05) is 0 Å². The second-order valence-corrected chi connectivity index (χ2v) is 6.56. The van der Waals surface area contributed by atoms with Crippen LogP contribution in [-0.4, -0.2) is 26.0 Å². The Bertz CT molecular complexity index is 1100. The third kappa shape index (κ3) is 5.38. The first kappa shape index (κ1) is 20.0. The van der Waals surface area contributed by atoms with Crippen molar-refractivity contribution in [2.45, 2.75) is 26.7 Å². The van der Waals surface area contributed by atoms with Gasteiger partial charge in [-0.1, -0.05) is 12.1 Å². The minimum absolute atomic E-state index is 0.104. The zero-order valence-corrected chi connectivity index (χ0v) is 16.2. The SMILES string of the molecule is Cc1cc(/C=C/c2nc(C)c(CCC(=O)O)c(=O)[nH]2)ccc1Oc1cccnc1. The molecular formula is C22H21N3O4. The lowest BCUT2D eigenvalue weighted by Gasteiger charge is -2.09. The summed E-state index contributed by atoms with van der Waals surface area (Å²) >= 11 is 0. The number of aliphatic carboxylic acids is 1. The Morgan fingerprint density at radius 2 is 2.07 bits per heavy atom. The molecular weight excluding hydrogens is 370 g/mol. The summed E-state index contributed by atoms with van der Waals surface area (Å²) in [7, 11) is 0. The number of ether oxygens (including phenoxy) is 1. The van der Waals surface area contributed by atoms with E-state index in [1.54, 1.807) is 25.4 Å². The topological polar surface area (TPSA) is 105 Å². The maximum atomic E-state index is 12.2. The van der Waals surface area contributed by atoms with Gasteiger partial charge in [-0.3, -0.25) is 14.6 Å². The van der Waals surface area contributed by atoms with E-state index in [1.165, 1.54) is 0 Å². The van der Waals surface area contributed by atoms with Crippen LogP contribution in [-0.2, 0) is 11.2 Å². The number of benzene rings is 1. The van der Waals surface area contributed by atoms with E-state index in [9.17, 15) is 9.59 Å². The number of carbonyl (C=O) groups is 1. The second kappa shape index (κ2) is 8.97. The number of hydrogen-bond acceptors (Lipinski definition) is 5. The van der Waals surface area contributed by atoms with Crippen LogP contribution in [0.15, 0.2) is 47.5 Å². The van der Waals surface area contributed by atoms with Crippen molar-refractivity contribution < 1.29 is 14.6 Å². The van der Waals surface area contributed by atoms with Crippen LogP contribution in [0.1, 0.15) is 34.6 Å². The van der Waals surface area contributed by atoms with Crippen molar-refractivity contribution >= 4 is 18.1 Å². The highest BCUT2D eigenvalue weighted by atomic mass is 16.5. The van der Waals surface area contributed by atoms with Gasteiger partial charge in [0, 0.05) is 23.9 Å². The molecule has 3 aromatic rings. The molecule has 0 radical (unpaired) electrons. The van der Waals surface area contributed by atoms with E-state index < -0.39 is 5.97 Å². The summed E-state index contributed by atoms with van der Waals surface area (Å²) in [6.07, 6.45) is 6.95. The molecule has 29 heavy (non-hydrogen) atoms. The van der Waals surface area contributed by atoms with Gasteiger partial charge in [-0.2, -0.15) is 0 Å². The van der Waals surface area contributed by atoms with Gasteiger partial charge in [0.1, 0.15) is 17.3 Å². The number of carboxylic acid groups (broad SMARTS) is 1. The highest BCUT2D eigenvalue weighted by molar-refractivity contribution is 5.68. The molecule has 0 aliphatic carbocycles. The molecule has 0 saturated carbocycles. The summed E-state index contributed by atoms with van der Waals surface area (Å²) in [4.78, 5) is 34.0. The monoisotopic (exact) mass is 391 g/mol. The van der Waals surface area contributed by atoms with Crippen molar-refractivity contribution in [3.8, 4) is 11.5 Å². The first-order valence-corrected chi connectivity index (χ1v) is 9.10. The molecule has 2 heterocycles. The van der Waals surface area contributed by atoms with Gasteiger partial charge in [0.05, 0.1) is 6.20 Å². The summed E-state index contributed by atoms with van der Waals surface area (Å²) in [5.41, 5.74) is 2.51. The van der Waals surface area contributed by atoms with Gasteiger partial charge < -0.3 is 14.8 Å². The van der Waals surface area contributed by atoms with E-state index in [2.05, 4.69) is 15.0 Å². The number of aryl methyl sites for hydroxylation is 2. The Balaban J connectivity index is 1.75. The lowest BCUT2D eigenvalue weighted by Crippen LogP contribution is -2.18. The Hall–Kier alpha value is -3.74. The van der Waals surface area contributed by atoms with Gasteiger partial charge in [0.2, 0.25) is 0 Å². The smallest absolute Gasteiger partial charge is 0.303 e. The van der Waals surface area contributed by atoms with E-state index in [-0.39, 0.29) is 18.4 Å². The molecule has 0 amide bonds. The number of nitrogens with one attached hydrogen (secondary N) is 1. The van der Waals surface area contributed by atoms with E-state index >= 15 is 0 Å². The number of pyridine rings is 1. The lowest BCUT2D eigenvalue weighted by atomic mass is 10.1. The number of rotatable bonds is 7. The first-order valence-electron chi connectivity index (χ1n) is 9.10. The number of nitrogens with zero attached hydrogens (tertiary/aromatic N) is 2. The number of aromatic nitrogens is 3. The molecule has 0 aliphatic rings. The molecule has 0 unspecified atom stereocenters. The maximum Gasteiger partial charge on any atom is 0.303 e. The summed E-state index contributed by atoms with van der Waals surface area (Å²) in [6, 6.07) is 9.39. The van der Waals surface area contributed by atoms with E-state index in [4.69, 9.17) is 9.84 Å². The molecule has 0 atom stereocenters. The second-order valence-electron chi connectivity index (χ2n) is 6.56. The van der Waals surface area contributed by atoms with Gasteiger partial charge >= 0.3 is 5.97 Å². The Morgan fingerprint density at radius 3 is 2.72 bits per heavy atom. The van der Waals surface area contributed by atoms with Gasteiger partial charge in [0.15, 0.2) is 0 Å². The molecule has 2 N–H and O–H groups in total. The summed E-state index contributed by atoms with van der Waals surface area (Å²) in [5, 5.41) is 8.79. The van der Waals surface area contributed by atoms with Crippen LogP contribution in [0, 0.1) is 13.8 Å². The summed E-state index contributed by atoms with van der Waals surface area (Å²) in [6.45, 7) is 3.66. The average molecular weight is 391 g/mol. The van der Waals surface area contributed by atoms with Crippen LogP contribution in [0.5, 0.6) is 11.5 Å². The molecule has 2 aromatic heterocycles. The van der Waals surface area contributed by atoms with Gasteiger partial charge in [-0.25, -0.2) is 4.98 Å². The molecule has 0 spiro atoms. The molecule has 7 nitrogen and oxygen atoms in total. The van der Waals surface area contributed by atoms with E-state index in [0.717, 1.165) is 16.9 Å². The Kier molecular flexibility index (Phi) is 6.19. The van der Waals surface area contributed by atoms with Crippen molar-refractivity contribution in [1.82, 2.24) is 15.0 Å². The van der Waals surface area contributed by atoms with Crippen LogP contribution < -0.4 is 10.3 Å². The standard InChI is InChI=1S/C22H21N3O4/c1-14-12-16(5-8-19(14)29-17-4-3-11-23-13-17)6-9-20-24-15(2)18(22(28)25-20)7-10-21(26)27/h3-6,8-9,11-13H,7,10H2,1-2H3,(H,26,27)(H,24,25,28)/b9-6+. The van der Waals surface area contributed by atoms with Gasteiger partial charge in [-0.05, 0) is 61.7 Å². The van der Waals surface area contributed by atoms with Crippen molar-refractivity contribution in [2.24, 2.45) is 0 Å². The molecule has 7 heteroatoms. The average Bonchev–Trinajstić information content (AvgIpc) is 2.68. The molecule has 0 bridgehead atoms. The van der Waals surface area contributed by atoms with Crippen molar-refractivity contribution in [1.29, 1.82) is 0 Å². The number of hydrogen-bond donors (Lipinski definition) is 2. The highest BCUT2D eigenvalue weighted by Crippen LogP contribution is 2.25. The van der Waals surface area contributed by atoms with Crippen molar-refractivity contribution in [3.05, 3.63) is 81.3 Å². The Labute approximate surface area is 167 Å². The molecule has 0 saturated heterocycles. The first-order chi connectivity index (χ1) is 13.9. The van der Waals surface area contributed by atoms with Crippen LogP contribution in [0.4, 0.5) is 0 Å². The minimum atomic E-state index is -0.945. The fraction of sp³-hybridized carbons (Fsp3) is 0.182. The summed E-state index contributed by atoms with van der Waals surface area (Å²) < 4.78 is 5.82. The minimum Gasteiger partial charge on any atom is -0.481 e. The highest BCUT2D eigenvalue weighted by Gasteiger charge is 2.09. The zero-order valence-electron chi connectivity index (χ0n) is 16.2. The largest absolute Gasteiger partial charge is 0.481 e. The Morgan fingerprint density at radius 1 is 1.24 bits per heavy atom. The molecule has 3 rings (SSSR count). The molecule has 1 aromatic carbocycles. The van der Waals surface area contributed by atoms with Crippen LogP contribution in [0.3, 0.4) is 0 Å². The predicted molar refractivity (Wildman–Crippen MR) is 110 cm³/mol. The quantitative estimate of drug-likeness (QED) is 0.635. The van der Waals surface area contributed by atoms with Crippen molar-refractivity contribution in [3.63, 3.8) is 0 Å². The third-order valence-corrected chi connectivity index (χ3v) is 4.32. The van der Waals surface area contributed by atoms with E-state index in [0.29, 0.717) is 22.8 Å². The zero-order chi connectivity index (χ0) is 20.8. The van der Waals surface area contributed by atoms with Gasteiger partial charge in [0.25, 0.3) is 5.56 Å². The van der Waals surface area contributed by atoms with Crippen LogP contribution in [0.25, 0.3) is 12.2 Å². The molecule has 148 valence electrons. The third-order valence-electron chi connectivity index (χ3n) is 4.32. The van der Waals surface area contributed by atoms with Gasteiger partial charge in [-0.15, -0.1) is 0 Å². The predicted octanol–water partition coefficient (Wildman–Crippen LogP) is 3.76. The van der Waals surface area contributed by atoms with Crippen LogP contribution >= 0.6 is 0 Å². The number of H-pyrrole nitrogens is 1. The fourth-order valence-corrected chi connectivity index (χ4v) is 2.84. The number of aromatic amines is 1. The van der Waals surface area contributed by atoms with E-state index in [1.807, 2.05) is 43.3 Å². The maximum absolute atomic E-state index is 12.2. The number of carboxylic acids is 1. The van der Waals surface area contributed by atoms with Crippen LogP contribution in [0.2, 0.25) is 0 Å².